The zero-order valence-electron chi connectivity index (χ0n) is 13.9. The van der Waals surface area contributed by atoms with Crippen LogP contribution in [0.4, 0.5) is 4.39 Å². The van der Waals surface area contributed by atoms with Crippen LogP contribution in [0.5, 0.6) is 0 Å². The largest absolute Gasteiger partial charge is 0.338 e. The quantitative estimate of drug-likeness (QED) is 0.703. The lowest BCUT2D eigenvalue weighted by Gasteiger charge is -2.22. The molecule has 0 aliphatic carbocycles. The number of nitrogens with zero attached hydrogens (tertiary/aromatic N) is 3. The first-order valence-electron chi connectivity index (χ1n) is 8.64. The number of aromatic nitrogens is 2. The Kier molecular flexibility index (Phi) is 4.57. The predicted molar refractivity (Wildman–Crippen MR) is 93.3 cm³/mol. The molecule has 4 nitrogen and oxygen atoms in total. The summed E-state index contributed by atoms with van der Waals surface area (Å²) in [5.74, 6) is 0.849. The first kappa shape index (κ1) is 16.0. The molecule has 5 heteroatoms. The van der Waals surface area contributed by atoms with Gasteiger partial charge in [0.2, 0.25) is 11.7 Å². The Morgan fingerprint density at radius 1 is 1.08 bits per heavy atom. The Morgan fingerprint density at radius 3 is 2.68 bits per heavy atom. The van der Waals surface area contributed by atoms with Crippen LogP contribution in [0.1, 0.15) is 24.3 Å². The van der Waals surface area contributed by atoms with Crippen molar-refractivity contribution in [1.82, 2.24) is 15.0 Å². The molecule has 1 aromatic heterocycles. The zero-order chi connectivity index (χ0) is 17.1. The number of benzene rings is 2. The number of halogens is 1. The molecular weight excluding hydrogens is 317 g/mol. The molecule has 3 aromatic rings. The van der Waals surface area contributed by atoms with E-state index in [1.54, 1.807) is 12.1 Å². The molecule has 0 unspecified atom stereocenters. The smallest absolute Gasteiger partial charge is 0.241 e. The minimum Gasteiger partial charge on any atom is -0.338 e. The second-order valence-corrected chi connectivity index (χ2v) is 6.47. The summed E-state index contributed by atoms with van der Waals surface area (Å²) in [4.78, 5) is 6.88. The molecule has 1 atom stereocenters. The Hall–Kier alpha value is -2.53. The van der Waals surface area contributed by atoms with Gasteiger partial charge >= 0.3 is 0 Å². The molecule has 1 aliphatic rings. The third-order valence-electron chi connectivity index (χ3n) is 4.72. The van der Waals surface area contributed by atoms with Crippen molar-refractivity contribution in [3.05, 3.63) is 71.9 Å². The van der Waals surface area contributed by atoms with E-state index in [4.69, 9.17) is 4.52 Å². The molecule has 1 saturated heterocycles. The molecule has 25 heavy (non-hydrogen) atoms. The van der Waals surface area contributed by atoms with Gasteiger partial charge in [-0.15, -0.1) is 0 Å². The van der Waals surface area contributed by atoms with Gasteiger partial charge < -0.3 is 4.52 Å². The fourth-order valence-corrected chi connectivity index (χ4v) is 3.43. The van der Waals surface area contributed by atoms with Gasteiger partial charge in [-0.25, -0.2) is 4.39 Å². The maximum Gasteiger partial charge on any atom is 0.241 e. The number of likely N-dealkylation sites (tertiary alicyclic amines) is 1. The minimum atomic E-state index is -0.270. The van der Waals surface area contributed by atoms with Crippen molar-refractivity contribution in [2.24, 2.45) is 0 Å². The number of hydrogen-bond acceptors (Lipinski definition) is 4. The van der Waals surface area contributed by atoms with Gasteiger partial charge in [0, 0.05) is 11.6 Å². The molecule has 0 bridgehead atoms. The highest BCUT2D eigenvalue weighted by Gasteiger charge is 2.26. The second-order valence-electron chi connectivity index (χ2n) is 6.47. The number of hydrogen-bond donors (Lipinski definition) is 0. The minimum absolute atomic E-state index is 0.270. The highest BCUT2D eigenvalue weighted by Crippen LogP contribution is 2.24. The van der Waals surface area contributed by atoms with Crippen LogP contribution in [-0.4, -0.2) is 27.6 Å². The molecule has 1 fully saturated rings. The number of rotatable bonds is 5. The molecule has 2 aromatic carbocycles. The fourth-order valence-electron chi connectivity index (χ4n) is 3.43. The summed E-state index contributed by atoms with van der Waals surface area (Å²) in [5, 5.41) is 4.03. The van der Waals surface area contributed by atoms with E-state index in [-0.39, 0.29) is 5.82 Å². The van der Waals surface area contributed by atoms with Crippen molar-refractivity contribution in [3.8, 4) is 11.4 Å². The van der Waals surface area contributed by atoms with E-state index in [1.165, 1.54) is 30.5 Å². The highest BCUT2D eigenvalue weighted by atomic mass is 19.1. The third kappa shape index (κ3) is 3.77. The van der Waals surface area contributed by atoms with Crippen molar-refractivity contribution in [2.45, 2.75) is 31.8 Å². The zero-order valence-corrected chi connectivity index (χ0v) is 13.9. The lowest BCUT2D eigenvalue weighted by Crippen LogP contribution is -2.30. The van der Waals surface area contributed by atoms with E-state index in [1.807, 2.05) is 6.07 Å². The SMILES string of the molecule is Fc1ccc(-c2noc(CN3CCC[C@H]3Cc3ccccc3)n2)cc1. The Morgan fingerprint density at radius 2 is 1.88 bits per heavy atom. The summed E-state index contributed by atoms with van der Waals surface area (Å²) in [7, 11) is 0. The molecule has 1 aliphatic heterocycles. The van der Waals surface area contributed by atoms with Gasteiger partial charge in [-0.1, -0.05) is 35.5 Å². The predicted octanol–water partition coefficient (Wildman–Crippen LogP) is 4.08. The summed E-state index contributed by atoms with van der Waals surface area (Å²) < 4.78 is 18.4. The molecule has 128 valence electrons. The fraction of sp³-hybridized carbons (Fsp3) is 0.300. The average Bonchev–Trinajstić information content (AvgIpc) is 3.27. The van der Waals surface area contributed by atoms with E-state index < -0.39 is 0 Å². The van der Waals surface area contributed by atoms with E-state index in [9.17, 15) is 4.39 Å². The molecule has 0 N–H and O–H groups in total. The Labute approximate surface area is 146 Å². The van der Waals surface area contributed by atoms with Crippen molar-refractivity contribution >= 4 is 0 Å². The lowest BCUT2D eigenvalue weighted by atomic mass is 10.0. The van der Waals surface area contributed by atoms with E-state index in [2.05, 4.69) is 39.3 Å². The highest BCUT2D eigenvalue weighted by molar-refractivity contribution is 5.53. The standard InChI is InChI=1S/C20H20FN3O/c21-17-10-8-16(9-11-17)20-22-19(25-23-20)14-24-12-4-7-18(24)13-15-5-2-1-3-6-15/h1-3,5-6,8-11,18H,4,7,12-14H2/t18-/m0/s1. The van der Waals surface area contributed by atoms with Crippen LogP contribution >= 0.6 is 0 Å². The normalized spacial score (nSPS) is 17.9. The second kappa shape index (κ2) is 7.15. The summed E-state index contributed by atoms with van der Waals surface area (Å²) >= 11 is 0. The topological polar surface area (TPSA) is 42.2 Å². The molecule has 0 saturated carbocycles. The monoisotopic (exact) mass is 337 g/mol. The van der Waals surface area contributed by atoms with Gasteiger partial charge in [-0.2, -0.15) is 4.98 Å². The van der Waals surface area contributed by atoms with Gasteiger partial charge in [-0.3, -0.25) is 4.90 Å². The van der Waals surface area contributed by atoms with Gasteiger partial charge in [0.25, 0.3) is 0 Å². The molecule has 0 radical (unpaired) electrons. The summed E-state index contributed by atoms with van der Waals surface area (Å²) in [6.07, 6.45) is 3.42. The molecule has 0 spiro atoms. The molecule has 2 heterocycles. The van der Waals surface area contributed by atoms with Crippen molar-refractivity contribution in [1.29, 1.82) is 0 Å². The van der Waals surface area contributed by atoms with E-state index >= 15 is 0 Å². The van der Waals surface area contributed by atoms with Crippen LogP contribution in [0, 0.1) is 5.82 Å². The van der Waals surface area contributed by atoms with Crippen LogP contribution in [0.3, 0.4) is 0 Å². The van der Waals surface area contributed by atoms with Gasteiger partial charge in [0.05, 0.1) is 6.54 Å². The van der Waals surface area contributed by atoms with Gasteiger partial charge in [0.1, 0.15) is 5.82 Å². The van der Waals surface area contributed by atoms with E-state index in [0.29, 0.717) is 24.3 Å². The van der Waals surface area contributed by atoms with Crippen molar-refractivity contribution < 1.29 is 8.91 Å². The summed E-state index contributed by atoms with van der Waals surface area (Å²) in [5.41, 5.74) is 2.12. The third-order valence-corrected chi connectivity index (χ3v) is 4.72. The van der Waals surface area contributed by atoms with Gasteiger partial charge in [-0.05, 0) is 55.6 Å². The summed E-state index contributed by atoms with van der Waals surface area (Å²) in [6, 6.07) is 17.2. The first-order chi connectivity index (χ1) is 12.3. The van der Waals surface area contributed by atoms with Crippen LogP contribution in [0.15, 0.2) is 59.1 Å². The summed E-state index contributed by atoms with van der Waals surface area (Å²) in [6.45, 7) is 1.71. The van der Waals surface area contributed by atoms with Crippen molar-refractivity contribution in [3.63, 3.8) is 0 Å². The van der Waals surface area contributed by atoms with Gasteiger partial charge in [0.15, 0.2) is 0 Å². The van der Waals surface area contributed by atoms with Crippen molar-refractivity contribution in [2.75, 3.05) is 6.54 Å². The first-order valence-corrected chi connectivity index (χ1v) is 8.64. The van der Waals surface area contributed by atoms with Crippen LogP contribution in [-0.2, 0) is 13.0 Å². The van der Waals surface area contributed by atoms with Crippen LogP contribution in [0.25, 0.3) is 11.4 Å². The average molecular weight is 337 g/mol. The molecule has 4 rings (SSSR count). The molecular formula is C20H20FN3O. The van der Waals surface area contributed by atoms with Crippen LogP contribution < -0.4 is 0 Å². The molecule has 0 amide bonds. The lowest BCUT2D eigenvalue weighted by molar-refractivity contribution is 0.210. The maximum absolute atomic E-state index is 13.0. The Bertz CT molecular complexity index is 816. The van der Waals surface area contributed by atoms with Crippen LogP contribution in [0.2, 0.25) is 0 Å². The van der Waals surface area contributed by atoms with E-state index in [0.717, 1.165) is 18.5 Å². The maximum atomic E-state index is 13.0. The Balaban J connectivity index is 1.43.